The predicted octanol–water partition coefficient (Wildman–Crippen LogP) is 4.17. The average Bonchev–Trinajstić information content (AvgIpc) is 2.52. The van der Waals surface area contributed by atoms with E-state index < -0.39 is 18.4 Å². The molecule has 0 heterocycles. The molecular weight excluding hydrogens is 330 g/mol. The second-order valence-corrected chi connectivity index (χ2v) is 6.68. The molecule has 0 fully saturated rings. The lowest BCUT2D eigenvalue weighted by atomic mass is 10.0. The number of hydrogen-bond donors (Lipinski definition) is 1. The van der Waals surface area contributed by atoms with Crippen molar-refractivity contribution in [2.45, 2.75) is 39.9 Å². The number of rotatable bonds is 7. The third kappa shape index (κ3) is 6.79. The highest BCUT2D eigenvalue weighted by atomic mass is 35.5. The molecule has 0 spiro atoms. The van der Waals surface area contributed by atoms with Gasteiger partial charge < -0.3 is 14.8 Å². The molecule has 1 aromatic carbocycles. The van der Waals surface area contributed by atoms with E-state index in [1.165, 1.54) is 0 Å². The molecule has 5 nitrogen and oxygen atoms in total. The van der Waals surface area contributed by atoms with Crippen LogP contribution in [-0.2, 0) is 14.3 Å². The monoisotopic (exact) mass is 354 g/mol. The van der Waals surface area contributed by atoms with Crippen LogP contribution in [0, 0.1) is 18.8 Å². The fourth-order valence-electron chi connectivity index (χ4n) is 1.75. The second-order valence-electron chi connectivity index (χ2n) is 6.24. The summed E-state index contributed by atoms with van der Waals surface area (Å²) in [6.45, 7) is 11.4. The van der Waals surface area contributed by atoms with E-state index >= 15 is 0 Å². The van der Waals surface area contributed by atoms with Crippen LogP contribution in [0.15, 0.2) is 24.3 Å². The summed E-state index contributed by atoms with van der Waals surface area (Å²) in [7, 11) is 0. The van der Waals surface area contributed by atoms with Gasteiger partial charge in [0.2, 0.25) is 0 Å². The summed E-state index contributed by atoms with van der Waals surface area (Å²) in [5.41, 5.74) is 0.950. The summed E-state index contributed by atoms with van der Waals surface area (Å²) in [6, 6.07) is 7.25. The van der Waals surface area contributed by atoms with Gasteiger partial charge in [-0.3, -0.25) is 4.79 Å². The molecule has 133 valence electrons. The molecule has 0 aliphatic rings. The van der Waals surface area contributed by atoms with Gasteiger partial charge >= 0.3 is 12.1 Å². The Kier molecular flexibility index (Phi) is 8.05. The summed E-state index contributed by atoms with van der Waals surface area (Å²) < 4.78 is 10.4. The third-order valence-electron chi connectivity index (χ3n) is 3.31. The van der Waals surface area contributed by atoms with E-state index in [1.807, 2.05) is 26.0 Å². The smallest absolute Gasteiger partial charge is 0.410 e. The first-order chi connectivity index (χ1) is 11.2. The van der Waals surface area contributed by atoms with Crippen LogP contribution >= 0.6 is 11.6 Å². The number of carbonyl (C=O) groups is 2. The number of ether oxygens (including phenoxy) is 2. The molecule has 1 radical (unpaired) electrons. The maximum atomic E-state index is 11.9. The van der Waals surface area contributed by atoms with E-state index in [4.69, 9.17) is 21.1 Å². The van der Waals surface area contributed by atoms with E-state index in [-0.39, 0.29) is 17.8 Å². The lowest BCUT2D eigenvalue weighted by Gasteiger charge is -2.23. The van der Waals surface area contributed by atoms with Crippen molar-refractivity contribution in [3.8, 4) is 0 Å². The van der Waals surface area contributed by atoms with E-state index in [2.05, 4.69) is 12.2 Å². The number of hydrogen-bond acceptors (Lipinski definition) is 4. The SMILES string of the molecule is [CH2][C@@H](CNC(=O)O[C@H](OC(=O)C(C)C)C(C)C)c1ccc(Cl)cc1. The van der Waals surface area contributed by atoms with E-state index in [9.17, 15) is 9.59 Å². The minimum absolute atomic E-state index is 0.148. The maximum Gasteiger partial charge on any atom is 0.410 e. The summed E-state index contributed by atoms with van der Waals surface area (Å²) in [5.74, 6) is -0.986. The minimum Gasteiger partial charge on any atom is -0.425 e. The number of esters is 1. The summed E-state index contributed by atoms with van der Waals surface area (Å²) in [6.07, 6.45) is -1.56. The van der Waals surface area contributed by atoms with Gasteiger partial charge in [-0.1, -0.05) is 51.4 Å². The van der Waals surface area contributed by atoms with Crippen LogP contribution in [0.1, 0.15) is 39.2 Å². The van der Waals surface area contributed by atoms with Gasteiger partial charge in [0, 0.05) is 23.4 Å². The van der Waals surface area contributed by atoms with Crippen LogP contribution < -0.4 is 5.32 Å². The Morgan fingerprint density at radius 2 is 1.71 bits per heavy atom. The Hall–Kier alpha value is -1.75. The Balaban J connectivity index is 2.50. The highest BCUT2D eigenvalue weighted by molar-refractivity contribution is 6.30. The Morgan fingerprint density at radius 1 is 1.12 bits per heavy atom. The van der Waals surface area contributed by atoms with Gasteiger partial charge in [-0.25, -0.2) is 4.79 Å². The lowest BCUT2D eigenvalue weighted by Crippen LogP contribution is -2.36. The van der Waals surface area contributed by atoms with Gasteiger partial charge in [0.15, 0.2) is 0 Å². The van der Waals surface area contributed by atoms with Crippen molar-refractivity contribution in [1.82, 2.24) is 5.32 Å². The third-order valence-corrected chi connectivity index (χ3v) is 3.56. The highest BCUT2D eigenvalue weighted by Crippen LogP contribution is 2.17. The van der Waals surface area contributed by atoms with E-state index in [1.54, 1.807) is 26.0 Å². The van der Waals surface area contributed by atoms with Crippen LogP contribution in [0.3, 0.4) is 0 Å². The van der Waals surface area contributed by atoms with Crippen molar-refractivity contribution >= 4 is 23.7 Å². The molecule has 0 unspecified atom stereocenters. The molecular formula is C18H25ClNO4. The van der Waals surface area contributed by atoms with Crippen LogP contribution in [0.4, 0.5) is 4.79 Å². The van der Waals surface area contributed by atoms with Gasteiger partial charge in [-0.15, -0.1) is 0 Å². The van der Waals surface area contributed by atoms with Crippen molar-refractivity contribution in [2.24, 2.45) is 11.8 Å². The fraction of sp³-hybridized carbons (Fsp3) is 0.500. The van der Waals surface area contributed by atoms with Gasteiger partial charge in [0.1, 0.15) is 0 Å². The van der Waals surface area contributed by atoms with Gasteiger partial charge in [-0.05, 0) is 24.6 Å². The van der Waals surface area contributed by atoms with Crippen LogP contribution in [0.5, 0.6) is 0 Å². The number of alkyl carbamates (subject to hydrolysis) is 1. The largest absolute Gasteiger partial charge is 0.425 e. The van der Waals surface area contributed by atoms with Crippen molar-refractivity contribution in [3.05, 3.63) is 41.8 Å². The Bertz CT molecular complexity index is 542. The normalized spacial score (nSPS) is 13.5. The molecule has 1 rings (SSSR count). The topological polar surface area (TPSA) is 64.6 Å². The number of benzene rings is 1. The molecule has 1 aromatic rings. The number of carbonyl (C=O) groups excluding carboxylic acids is 2. The van der Waals surface area contributed by atoms with Crippen molar-refractivity contribution in [3.63, 3.8) is 0 Å². The first kappa shape index (κ1) is 20.3. The molecule has 0 saturated heterocycles. The number of nitrogens with one attached hydrogen (secondary N) is 1. The zero-order valence-electron chi connectivity index (χ0n) is 14.5. The molecule has 2 atom stereocenters. The molecule has 6 heteroatoms. The van der Waals surface area contributed by atoms with Crippen molar-refractivity contribution in [1.29, 1.82) is 0 Å². The molecule has 1 amide bonds. The van der Waals surface area contributed by atoms with Crippen LogP contribution in [-0.4, -0.2) is 24.9 Å². The second kappa shape index (κ2) is 9.52. The maximum absolute atomic E-state index is 11.9. The first-order valence-corrected chi connectivity index (χ1v) is 8.32. The summed E-state index contributed by atoms with van der Waals surface area (Å²) in [5, 5.41) is 3.28. The van der Waals surface area contributed by atoms with Gasteiger partial charge in [0.05, 0.1) is 5.92 Å². The van der Waals surface area contributed by atoms with Crippen molar-refractivity contribution < 1.29 is 19.1 Å². The van der Waals surface area contributed by atoms with Crippen LogP contribution in [0.25, 0.3) is 0 Å². The van der Waals surface area contributed by atoms with E-state index in [0.29, 0.717) is 11.6 Å². The number of amides is 1. The first-order valence-electron chi connectivity index (χ1n) is 7.94. The fourth-order valence-corrected chi connectivity index (χ4v) is 1.88. The zero-order chi connectivity index (χ0) is 18.3. The Morgan fingerprint density at radius 3 is 2.21 bits per heavy atom. The van der Waals surface area contributed by atoms with Gasteiger partial charge in [0.25, 0.3) is 6.29 Å². The zero-order valence-corrected chi connectivity index (χ0v) is 15.3. The lowest BCUT2D eigenvalue weighted by molar-refractivity contribution is -0.178. The quantitative estimate of drug-likeness (QED) is 0.589. The molecule has 0 saturated carbocycles. The highest BCUT2D eigenvalue weighted by Gasteiger charge is 2.24. The minimum atomic E-state index is -0.918. The van der Waals surface area contributed by atoms with Crippen molar-refractivity contribution in [2.75, 3.05) is 6.54 Å². The summed E-state index contributed by atoms with van der Waals surface area (Å²) in [4.78, 5) is 23.6. The molecule has 0 aliphatic heterocycles. The predicted molar refractivity (Wildman–Crippen MR) is 93.6 cm³/mol. The van der Waals surface area contributed by atoms with Gasteiger partial charge in [-0.2, -0.15) is 0 Å². The molecule has 1 N–H and O–H groups in total. The van der Waals surface area contributed by atoms with Crippen LogP contribution in [0.2, 0.25) is 5.02 Å². The molecule has 0 bridgehead atoms. The standard InChI is InChI=1S/C18H25ClNO4/c1-11(2)16(21)23-17(12(3)4)24-18(22)20-10-13(5)14-6-8-15(19)9-7-14/h6-9,11-13,17H,5,10H2,1-4H3,(H,20,22)/t13-,17-/m0/s1. The molecule has 0 aliphatic carbocycles. The Labute approximate surface area is 148 Å². The molecule has 24 heavy (non-hydrogen) atoms. The average molecular weight is 355 g/mol. The van der Waals surface area contributed by atoms with E-state index in [0.717, 1.165) is 5.56 Å². The summed E-state index contributed by atoms with van der Waals surface area (Å²) >= 11 is 5.84. The molecule has 0 aromatic heterocycles. The number of halogens is 1.